The van der Waals surface area contributed by atoms with Gasteiger partial charge in [0.1, 0.15) is 0 Å². The minimum atomic E-state index is 0.677. The van der Waals surface area contributed by atoms with Crippen LogP contribution < -0.4 is 5.32 Å². The number of nitrogens with zero attached hydrogens (tertiary/aromatic N) is 2. The molecule has 0 aliphatic rings. The molecule has 0 aliphatic heterocycles. The van der Waals surface area contributed by atoms with Gasteiger partial charge in [-0.1, -0.05) is 0 Å². The van der Waals surface area contributed by atoms with Gasteiger partial charge in [0.2, 0.25) is 5.95 Å². The maximum absolute atomic E-state index is 4.15. The Morgan fingerprint density at radius 3 is 2.79 bits per heavy atom. The van der Waals surface area contributed by atoms with E-state index in [1.807, 2.05) is 0 Å². The van der Waals surface area contributed by atoms with Crippen LogP contribution in [0.5, 0.6) is 0 Å². The molecule has 0 unspecified atom stereocenters. The number of hydrogen-bond donors (Lipinski definition) is 1. The fraction of sp³-hybridized carbons (Fsp3) is 0.111. The minimum absolute atomic E-state index is 0.677. The van der Waals surface area contributed by atoms with Crippen LogP contribution in [0.2, 0.25) is 0 Å². The van der Waals surface area contributed by atoms with E-state index in [1.165, 1.54) is 5.56 Å². The Bertz CT molecular complexity index is 385. The Hall–Kier alpha value is -0.690. The van der Waals surface area contributed by atoms with Gasteiger partial charge in [-0.25, -0.2) is 9.97 Å². The van der Waals surface area contributed by atoms with Crippen LogP contribution in [-0.4, -0.2) is 9.97 Å². The van der Waals surface area contributed by atoms with E-state index in [4.69, 9.17) is 0 Å². The fourth-order valence-electron chi connectivity index (χ4n) is 0.978. The third-order valence-electron chi connectivity index (χ3n) is 1.65. The van der Waals surface area contributed by atoms with Crippen LogP contribution >= 0.6 is 33.9 Å². The van der Waals surface area contributed by atoms with Gasteiger partial charge in [0.25, 0.3) is 0 Å². The molecule has 0 aliphatic carbocycles. The largest absolute Gasteiger partial charge is 0.350 e. The summed E-state index contributed by atoms with van der Waals surface area (Å²) < 4.78 is 1.05. The molecule has 3 nitrogen and oxygen atoms in total. The van der Waals surface area contributed by atoms with Crippen molar-refractivity contribution in [2.75, 3.05) is 5.32 Å². The van der Waals surface area contributed by atoms with Crippen molar-refractivity contribution in [3.05, 3.63) is 38.4 Å². The van der Waals surface area contributed by atoms with Gasteiger partial charge in [-0.3, -0.25) is 0 Å². The van der Waals surface area contributed by atoms with Crippen molar-refractivity contribution >= 4 is 39.9 Å². The third kappa shape index (κ3) is 2.65. The summed E-state index contributed by atoms with van der Waals surface area (Å²) in [6, 6.07) is 2.09. The maximum atomic E-state index is 4.15. The van der Waals surface area contributed by atoms with Gasteiger partial charge in [-0.15, -0.1) is 0 Å². The van der Waals surface area contributed by atoms with E-state index in [-0.39, 0.29) is 0 Å². The molecule has 0 bridgehead atoms. The molecule has 0 amide bonds. The van der Waals surface area contributed by atoms with Gasteiger partial charge in [0, 0.05) is 22.5 Å². The maximum Gasteiger partial charge on any atom is 0.222 e. The number of hydrogen-bond acceptors (Lipinski definition) is 4. The quantitative estimate of drug-likeness (QED) is 0.885. The van der Waals surface area contributed by atoms with Crippen LogP contribution in [0, 0.1) is 3.57 Å². The highest BCUT2D eigenvalue weighted by atomic mass is 127. The van der Waals surface area contributed by atoms with Crippen molar-refractivity contribution in [3.8, 4) is 0 Å². The number of rotatable bonds is 3. The summed E-state index contributed by atoms with van der Waals surface area (Å²) in [5.41, 5.74) is 1.26. The predicted molar refractivity (Wildman–Crippen MR) is 66.4 cm³/mol. The zero-order valence-electron chi connectivity index (χ0n) is 7.27. The Morgan fingerprint density at radius 2 is 2.14 bits per heavy atom. The van der Waals surface area contributed by atoms with E-state index in [0.29, 0.717) is 5.95 Å². The van der Waals surface area contributed by atoms with Crippen LogP contribution in [0.15, 0.2) is 29.2 Å². The van der Waals surface area contributed by atoms with Crippen molar-refractivity contribution < 1.29 is 0 Å². The summed E-state index contributed by atoms with van der Waals surface area (Å²) in [4.78, 5) is 8.30. The number of nitrogens with one attached hydrogen (secondary N) is 1. The molecule has 2 aromatic rings. The molecule has 0 atom stereocenters. The zero-order valence-corrected chi connectivity index (χ0v) is 10.2. The zero-order chi connectivity index (χ0) is 9.80. The Labute approximate surface area is 99.7 Å². The van der Waals surface area contributed by atoms with Gasteiger partial charge >= 0.3 is 0 Å². The van der Waals surface area contributed by atoms with Crippen molar-refractivity contribution in [2.24, 2.45) is 0 Å². The normalized spacial score (nSPS) is 10.1. The second kappa shape index (κ2) is 4.70. The van der Waals surface area contributed by atoms with Crippen LogP contribution in [0.25, 0.3) is 0 Å². The molecule has 0 radical (unpaired) electrons. The van der Waals surface area contributed by atoms with Crippen molar-refractivity contribution in [2.45, 2.75) is 6.54 Å². The monoisotopic (exact) mass is 317 g/mol. The van der Waals surface area contributed by atoms with Gasteiger partial charge in [0.15, 0.2) is 0 Å². The Balaban J connectivity index is 1.95. The summed E-state index contributed by atoms with van der Waals surface area (Å²) in [5.74, 6) is 0.677. The number of thiophene rings is 1. The van der Waals surface area contributed by atoms with Gasteiger partial charge < -0.3 is 5.32 Å². The van der Waals surface area contributed by atoms with Crippen LogP contribution in [0.4, 0.5) is 5.95 Å². The molecular formula is C9H8IN3S. The fourth-order valence-corrected chi connectivity index (χ4v) is 1.93. The Kier molecular flexibility index (Phi) is 3.30. The predicted octanol–water partition coefficient (Wildman–Crippen LogP) is 2.75. The third-order valence-corrected chi connectivity index (χ3v) is 2.94. The van der Waals surface area contributed by atoms with E-state index in [1.54, 1.807) is 23.7 Å². The molecule has 14 heavy (non-hydrogen) atoms. The van der Waals surface area contributed by atoms with Gasteiger partial charge in [-0.05, 0) is 45.0 Å². The van der Waals surface area contributed by atoms with Crippen molar-refractivity contribution in [1.82, 2.24) is 9.97 Å². The number of halogens is 1. The van der Waals surface area contributed by atoms with Crippen molar-refractivity contribution in [3.63, 3.8) is 0 Å². The Morgan fingerprint density at radius 1 is 1.36 bits per heavy atom. The summed E-state index contributed by atoms with van der Waals surface area (Å²) in [6.45, 7) is 0.782. The number of anilines is 1. The molecule has 72 valence electrons. The van der Waals surface area contributed by atoms with E-state index in [9.17, 15) is 0 Å². The first kappa shape index (κ1) is 9.85. The van der Waals surface area contributed by atoms with E-state index in [2.05, 4.69) is 54.7 Å². The highest BCUT2D eigenvalue weighted by Crippen LogP contribution is 2.08. The summed E-state index contributed by atoms with van der Waals surface area (Å²) >= 11 is 3.88. The topological polar surface area (TPSA) is 37.8 Å². The van der Waals surface area contributed by atoms with Crippen LogP contribution in [-0.2, 0) is 6.54 Å². The lowest BCUT2D eigenvalue weighted by molar-refractivity contribution is 1.05. The summed E-state index contributed by atoms with van der Waals surface area (Å²) in [6.07, 6.45) is 3.59. The highest BCUT2D eigenvalue weighted by Gasteiger charge is 1.96. The molecular weight excluding hydrogens is 309 g/mol. The van der Waals surface area contributed by atoms with E-state index >= 15 is 0 Å². The second-order valence-corrected chi connectivity index (χ2v) is 4.74. The standard InChI is InChI=1S/C9H8IN3S/c10-8-4-12-9(13-5-8)11-3-7-1-2-14-6-7/h1-2,4-6H,3H2,(H,11,12,13). The first-order valence-electron chi connectivity index (χ1n) is 4.07. The lowest BCUT2D eigenvalue weighted by Crippen LogP contribution is -2.02. The van der Waals surface area contributed by atoms with Gasteiger partial charge in [0.05, 0.1) is 0 Å². The lowest BCUT2D eigenvalue weighted by atomic mass is 10.3. The molecule has 0 aromatic carbocycles. The summed E-state index contributed by atoms with van der Waals surface area (Å²) in [5, 5.41) is 7.33. The first-order chi connectivity index (χ1) is 6.84. The van der Waals surface area contributed by atoms with Crippen molar-refractivity contribution in [1.29, 1.82) is 0 Å². The molecule has 0 spiro atoms. The second-order valence-electron chi connectivity index (χ2n) is 2.71. The average molecular weight is 317 g/mol. The van der Waals surface area contributed by atoms with E-state index in [0.717, 1.165) is 10.1 Å². The molecule has 0 saturated carbocycles. The molecule has 2 aromatic heterocycles. The summed E-state index contributed by atoms with van der Waals surface area (Å²) in [7, 11) is 0. The minimum Gasteiger partial charge on any atom is -0.350 e. The van der Waals surface area contributed by atoms with Crippen LogP contribution in [0.1, 0.15) is 5.56 Å². The lowest BCUT2D eigenvalue weighted by Gasteiger charge is -2.01. The van der Waals surface area contributed by atoms with Crippen LogP contribution in [0.3, 0.4) is 0 Å². The molecule has 2 heterocycles. The molecule has 0 fully saturated rings. The van der Waals surface area contributed by atoms with Gasteiger partial charge in [-0.2, -0.15) is 11.3 Å². The molecule has 5 heteroatoms. The molecule has 1 N–H and O–H groups in total. The highest BCUT2D eigenvalue weighted by molar-refractivity contribution is 14.1. The molecule has 0 saturated heterocycles. The molecule has 2 rings (SSSR count). The number of aromatic nitrogens is 2. The first-order valence-corrected chi connectivity index (χ1v) is 6.09. The average Bonchev–Trinajstić information content (AvgIpc) is 2.70. The van der Waals surface area contributed by atoms with E-state index < -0.39 is 0 Å². The SMILES string of the molecule is Ic1cnc(NCc2ccsc2)nc1. The smallest absolute Gasteiger partial charge is 0.222 e.